The Labute approximate surface area is 208 Å². The Kier molecular flexibility index (Phi) is 5.77. The van der Waals surface area contributed by atoms with Gasteiger partial charge in [-0.2, -0.15) is 0 Å². The number of benzene rings is 2. The van der Waals surface area contributed by atoms with Crippen molar-refractivity contribution in [1.29, 1.82) is 0 Å². The Balaban J connectivity index is 0.000000218. The van der Waals surface area contributed by atoms with E-state index in [9.17, 15) is 0 Å². The molecule has 2 nitrogen and oxygen atoms in total. The van der Waals surface area contributed by atoms with Crippen LogP contribution in [0.2, 0.25) is 0 Å². The van der Waals surface area contributed by atoms with E-state index in [0.717, 1.165) is 39.2 Å². The van der Waals surface area contributed by atoms with Crippen molar-refractivity contribution in [2.24, 2.45) is 14.1 Å². The molecule has 0 amide bonds. The van der Waals surface area contributed by atoms with Crippen molar-refractivity contribution in [1.82, 2.24) is 0 Å². The van der Waals surface area contributed by atoms with Crippen molar-refractivity contribution in [2.75, 3.05) is 0 Å². The molecule has 0 N–H and O–H groups in total. The minimum Gasteiger partial charge on any atom is -0.201 e. The first-order chi connectivity index (χ1) is 18.1. The summed E-state index contributed by atoms with van der Waals surface area (Å²) >= 11 is 0. The zero-order valence-electron chi connectivity index (χ0n) is 26.5. The topological polar surface area (TPSA) is 7.76 Å². The molecule has 4 aromatic rings. The normalized spacial score (nSPS) is 15.9. The molecule has 2 heterocycles. The van der Waals surface area contributed by atoms with E-state index in [1.165, 1.54) is 6.92 Å². The average molecular weight is 445 g/mol. The highest BCUT2D eigenvalue weighted by Crippen LogP contribution is 2.24. The number of aromatic nitrogens is 2. The van der Waals surface area contributed by atoms with Gasteiger partial charge in [0, 0.05) is 43.1 Å². The third-order valence-corrected chi connectivity index (χ3v) is 5.85. The molecule has 4 rings (SSSR count). The summed E-state index contributed by atoms with van der Waals surface area (Å²) in [7, 11) is 3.87. The van der Waals surface area contributed by atoms with Gasteiger partial charge in [-0.15, -0.1) is 0 Å². The highest BCUT2D eigenvalue weighted by atomic mass is 14.9. The largest absolute Gasteiger partial charge is 0.215 e. The fraction of sp³-hybridized carbons (Fsp3) is 0.290. The molecule has 0 fully saturated rings. The molecule has 0 aliphatic rings. The van der Waals surface area contributed by atoms with Crippen LogP contribution in [-0.2, 0) is 20.5 Å². The van der Waals surface area contributed by atoms with Crippen molar-refractivity contribution in [2.45, 2.75) is 46.8 Å². The van der Waals surface area contributed by atoms with Gasteiger partial charge in [0.25, 0.3) is 0 Å². The SMILES string of the molecule is [2H]C([2H])(C)c1ccc[n+](C)c1-c1ccccc1C.[2H]C([2H])([2H])C([2H])(C)c1cc[n+](C)c(-c2ccccc2C)c1. The minimum absolute atomic E-state index is 0.499. The lowest BCUT2D eigenvalue weighted by Crippen LogP contribution is -2.31. The van der Waals surface area contributed by atoms with Gasteiger partial charge in [0.2, 0.25) is 11.4 Å². The Hall–Kier alpha value is -3.26. The molecule has 0 saturated heterocycles. The van der Waals surface area contributed by atoms with Crippen molar-refractivity contribution < 1.29 is 17.4 Å². The first kappa shape index (κ1) is 17.2. The number of hydrogen-bond acceptors (Lipinski definition) is 0. The van der Waals surface area contributed by atoms with Crippen LogP contribution in [0.25, 0.3) is 22.5 Å². The van der Waals surface area contributed by atoms with Gasteiger partial charge in [0.1, 0.15) is 14.1 Å². The van der Waals surface area contributed by atoms with Crippen molar-refractivity contribution >= 4 is 0 Å². The van der Waals surface area contributed by atoms with Gasteiger partial charge in [-0.1, -0.05) is 57.1 Å². The van der Waals surface area contributed by atoms with Crippen LogP contribution in [0.15, 0.2) is 85.2 Å². The van der Waals surface area contributed by atoms with E-state index in [-0.39, 0.29) is 0 Å². The minimum atomic E-state index is -2.37. The van der Waals surface area contributed by atoms with Crippen LogP contribution in [0.3, 0.4) is 0 Å². The fourth-order valence-electron chi connectivity index (χ4n) is 3.92. The molecule has 2 aromatic carbocycles. The average Bonchev–Trinajstić information content (AvgIpc) is 2.84. The molecule has 0 aliphatic heterocycles. The molecule has 1 unspecified atom stereocenters. The summed E-state index contributed by atoms with van der Waals surface area (Å²) in [6, 6.07) is 23.3. The van der Waals surface area contributed by atoms with Crippen molar-refractivity contribution in [3.8, 4) is 22.5 Å². The number of rotatable bonds is 4. The lowest BCUT2D eigenvalue weighted by Gasteiger charge is -2.08. The van der Waals surface area contributed by atoms with Crippen LogP contribution >= 0.6 is 0 Å². The predicted octanol–water partition coefficient (Wildman–Crippen LogP) is 6.66. The lowest BCUT2D eigenvalue weighted by molar-refractivity contribution is -0.660. The second-order valence-electron chi connectivity index (χ2n) is 8.30. The molecule has 0 saturated carbocycles. The van der Waals surface area contributed by atoms with Crippen LogP contribution in [-0.4, -0.2) is 0 Å². The molecule has 0 spiro atoms. The summed E-state index contributed by atoms with van der Waals surface area (Å²) < 4.78 is 50.9. The summed E-state index contributed by atoms with van der Waals surface area (Å²) in [5.74, 6) is -1.63. The first-order valence-electron chi connectivity index (χ1n) is 14.2. The smallest absolute Gasteiger partial charge is 0.201 e. The monoisotopic (exact) mass is 444 g/mol. The summed E-state index contributed by atoms with van der Waals surface area (Å²) in [5.41, 5.74) is 7.48. The van der Waals surface area contributed by atoms with Gasteiger partial charge in [0.05, 0.1) is 0 Å². The zero-order valence-corrected chi connectivity index (χ0v) is 20.5. The molecule has 2 aromatic heterocycles. The third-order valence-electron chi connectivity index (χ3n) is 5.85. The molecule has 33 heavy (non-hydrogen) atoms. The van der Waals surface area contributed by atoms with Gasteiger partial charge in [-0.25, -0.2) is 9.13 Å². The maximum absolute atomic E-state index is 8.23. The van der Waals surface area contributed by atoms with E-state index >= 15 is 0 Å². The summed E-state index contributed by atoms with van der Waals surface area (Å²) in [4.78, 5) is 0. The maximum Gasteiger partial charge on any atom is 0.215 e. The van der Waals surface area contributed by atoms with Crippen LogP contribution < -0.4 is 9.13 Å². The van der Waals surface area contributed by atoms with Crippen LogP contribution in [0, 0.1) is 13.8 Å². The van der Waals surface area contributed by atoms with E-state index < -0.39 is 19.1 Å². The predicted molar refractivity (Wildman–Crippen MR) is 139 cm³/mol. The molecule has 0 aliphatic carbocycles. The Bertz CT molecular complexity index is 1450. The molecule has 170 valence electrons. The number of aryl methyl sites for hydroxylation is 5. The van der Waals surface area contributed by atoms with Gasteiger partial charge in [-0.05, 0) is 61.0 Å². The molecule has 0 bridgehead atoms. The highest BCUT2D eigenvalue weighted by molar-refractivity contribution is 5.64. The lowest BCUT2D eigenvalue weighted by atomic mass is 9.99. The second-order valence-corrected chi connectivity index (χ2v) is 8.30. The Morgan fingerprint density at radius 3 is 2.09 bits per heavy atom. The van der Waals surface area contributed by atoms with E-state index in [1.807, 2.05) is 103 Å². The van der Waals surface area contributed by atoms with Gasteiger partial charge >= 0.3 is 0 Å². The Morgan fingerprint density at radius 1 is 0.848 bits per heavy atom. The van der Waals surface area contributed by atoms with Crippen LogP contribution in [0.1, 0.15) is 57.1 Å². The first-order valence-corrected chi connectivity index (χ1v) is 11.2. The third kappa shape index (κ3) is 5.76. The van der Waals surface area contributed by atoms with Gasteiger partial charge < -0.3 is 0 Å². The second kappa shape index (κ2) is 11.0. The van der Waals surface area contributed by atoms with Gasteiger partial charge in [-0.3, -0.25) is 0 Å². The maximum atomic E-state index is 8.23. The van der Waals surface area contributed by atoms with E-state index in [1.54, 1.807) is 13.0 Å². The molecular formula is C31H38N2+2. The quantitative estimate of drug-likeness (QED) is 0.311. The van der Waals surface area contributed by atoms with Crippen molar-refractivity contribution in [3.05, 3.63) is 107 Å². The molecular weight excluding hydrogens is 400 g/mol. The zero-order chi connectivity index (χ0) is 29.2. The van der Waals surface area contributed by atoms with E-state index in [0.29, 0.717) is 5.56 Å². The van der Waals surface area contributed by atoms with Crippen LogP contribution in [0.5, 0.6) is 0 Å². The summed E-state index contributed by atoms with van der Waals surface area (Å²) in [6.45, 7) is 4.75. The summed E-state index contributed by atoms with van der Waals surface area (Å²) in [5, 5.41) is 0. The van der Waals surface area contributed by atoms with Crippen LogP contribution in [0.4, 0.5) is 0 Å². The standard InChI is InChI=1S/C16H20N.C15H18N/c1-12(2)14-9-10-17(4)16(11-14)15-8-6-5-7-13(15)3;1-4-13-9-7-11-16(3)15(13)14-10-6-5-8-12(14)2/h5-12H,1-4H3;5-11H,4H2,1-3H3/q2*+1/i1D3,12D;4D2. The van der Waals surface area contributed by atoms with E-state index in [4.69, 9.17) is 8.22 Å². The number of nitrogens with zero attached hydrogens (tertiary/aromatic N) is 2. The van der Waals surface area contributed by atoms with E-state index in [2.05, 4.69) is 13.0 Å². The summed E-state index contributed by atoms with van der Waals surface area (Å²) in [6.07, 6.45) is 2.42. The number of pyridine rings is 2. The molecule has 0 radical (unpaired) electrons. The Morgan fingerprint density at radius 2 is 1.48 bits per heavy atom. The van der Waals surface area contributed by atoms with Crippen molar-refractivity contribution in [3.63, 3.8) is 0 Å². The molecule has 2 heteroatoms. The molecule has 1 atom stereocenters. The fourth-order valence-corrected chi connectivity index (χ4v) is 3.92. The number of hydrogen-bond donors (Lipinski definition) is 0. The highest BCUT2D eigenvalue weighted by Gasteiger charge is 2.16. The van der Waals surface area contributed by atoms with Gasteiger partial charge in [0.15, 0.2) is 12.4 Å².